The first kappa shape index (κ1) is 22.3. The number of hydrogen-bond donors (Lipinski definition) is 2. The number of nitrogens with zero attached hydrogens (tertiary/aromatic N) is 1. The minimum atomic E-state index is -4.72. The lowest BCUT2D eigenvalue weighted by atomic mass is 10.00. The van der Waals surface area contributed by atoms with Crippen LogP contribution in [0.4, 0.5) is 18.0 Å². The van der Waals surface area contributed by atoms with Gasteiger partial charge >= 0.3 is 12.4 Å². The highest BCUT2D eigenvalue weighted by Gasteiger charge is 2.33. The molecule has 0 bridgehead atoms. The number of morpholine rings is 1. The van der Waals surface area contributed by atoms with E-state index in [1.54, 1.807) is 0 Å². The van der Waals surface area contributed by atoms with Crippen molar-refractivity contribution in [3.63, 3.8) is 0 Å². The summed E-state index contributed by atoms with van der Waals surface area (Å²) in [5.41, 5.74) is 0.431. The van der Waals surface area contributed by atoms with Gasteiger partial charge in [-0.15, -0.1) is 13.2 Å². The summed E-state index contributed by atoms with van der Waals surface area (Å²) in [6, 6.07) is 5.04. The third-order valence-corrected chi connectivity index (χ3v) is 4.57. The number of benzene rings is 1. The summed E-state index contributed by atoms with van der Waals surface area (Å²) < 4.78 is 46.0. The number of halogens is 3. The molecule has 0 aromatic heterocycles. The molecule has 6 nitrogen and oxygen atoms in total. The summed E-state index contributed by atoms with van der Waals surface area (Å²) in [6.45, 7) is 10.4. The van der Waals surface area contributed by atoms with Crippen molar-refractivity contribution in [2.24, 2.45) is 0 Å². The number of rotatable bonds is 6. The van der Waals surface area contributed by atoms with E-state index in [0.29, 0.717) is 12.1 Å². The van der Waals surface area contributed by atoms with Gasteiger partial charge in [0.05, 0.1) is 12.2 Å². The largest absolute Gasteiger partial charge is 0.573 e. The van der Waals surface area contributed by atoms with E-state index >= 15 is 0 Å². The molecule has 2 atom stereocenters. The maximum atomic E-state index is 12.2. The Bertz CT molecular complexity index is 640. The van der Waals surface area contributed by atoms with E-state index in [9.17, 15) is 18.0 Å². The van der Waals surface area contributed by atoms with E-state index in [-0.39, 0.29) is 36.1 Å². The fourth-order valence-electron chi connectivity index (χ4n) is 3.13. The lowest BCUT2D eigenvalue weighted by Gasteiger charge is -2.45. The predicted octanol–water partition coefficient (Wildman–Crippen LogP) is 3.27. The Balaban J connectivity index is 1.77. The topological polar surface area (TPSA) is 62.8 Å². The Kier molecular flexibility index (Phi) is 7.16. The third-order valence-electron chi connectivity index (χ3n) is 4.57. The van der Waals surface area contributed by atoms with E-state index in [0.717, 1.165) is 13.1 Å². The molecule has 1 heterocycles. The van der Waals surface area contributed by atoms with Crippen LogP contribution in [0.2, 0.25) is 0 Å². The van der Waals surface area contributed by atoms with Gasteiger partial charge in [-0.1, -0.05) is 12.1 Å². The molecular formula is C19H28F3N3O3. The molecule has 1 aromatic rings. The van der Waals surface area contributed by atoms with Gasteiger partial charge in [0.25, 0.3) is 0 Å². The van der Waals surface area contributed by atoms with Crippen LogP contribution in [-0.4, -0.2) is 54.7 Å². The first-order chi connectivity index (χ1) is 12.9. The number of alkyl halides is 3. The quantitative estimate of drug-likeness (QED) is 0.765. The molecule has 2 rings (SSSR count). The van der Waals surface area contributed by atoms with Crippen LogP contribution in [0.1, 0.15) is 33.3 Å². The van der Waals surface area contributed by atoms with Crippen molar-refractivity contribution in [1.82, 2.24) is 15.5 Å². The Morgan fingerprint density at radius 1 is 1.14 bits per heavy atom. The van der Waals surface area contributed by atoms with Crippen LogP contribution in [0.5, 0.6) is 5.75 Å². The second-order valence-electron chi connectivity index (χ2n) is 7.70. The van der Waals surface area contributed by atoms with E-state index in [2.05, 4.69) is 34.1 Å². The summed E-state index contributed by atoms with van der Waals surface area (Å²) in [5.74, 6) is -0.295. The molecule has 0 radical (unpaired) electrons. The highest BCUT2D eigenvalue weighted by atomic mass is 19.4. The van der Waals surface area contributed by atoms with Gasteiger partial charge in [-0.25, -0.2) is 4.79 Å². The maximum Gasteiger partial charge on any atom is 0.573 e. The van der Waals surface area contributed by atoms with Crippen LogP contribution < -0.4 is 15.4 Å². The molecule has 1 aromatic carbocycles. The molecule has 0 unspecified atom stereocenters. The van der Waals surface area contributed by atoms with Crippen LogP contribution >= 0.6 is 0 Å². The Morgan fingerprint density at radius 3 is 2.25 bits per heavy atom. The lowest BCUT2D eigenvalue weighted by molar-refractivity contribution is -0.274. The lowest BCUT2D eigenvalue weighted by Crippen LogP contribution is -2.59. The smallest absolute Gasteiger partial charge is 0.406 e. The molecule has 0 aliphatic carbocycles. The number of urea groups is 1. The summed E-state index contributed by atoms with van der Waals surface area (Å²) in [4.78, 5) is 14.4. The van der Waals surface area contributed by atoms with Crippen molar-refractivity contribution in [2.45, 2.75) is 58.3 Å². The van der Waals surface area contributed by atoms with Crippen LogP contribution in [0.25, 0.3) is 0 Å². The van der Waals surface area contributed by atoms with Gasteiger partial charge in [-0.3, -0.25) is 4.90 Å². The summed E-state index contributed by atoms with van der Waals surface area (Å²) >= 11 is 0. The van der Waals surface area contributed by atoms with Gasteiger partial charge in [0.15, 0.2) is 0 Å². The van der Waals surface area contributed by atoms with E-state index < -0.39 is 6.36 Å². The molecule has 1 aliphatic rings. The molecule has 158 valence electrons. The Morgan fingerprint density at radius 2 is 1.71 bits per heavy atom. The van der Waals surface area contributed by atoms with Crippen molar-refractivity contribution < 1.29 is 27.4 Å². The molecule has 2 amide bonds. The first-order valence-corrected chi connectivity index (χ1v) is 9.21. The Hall–Kier alpha value is -2.00. The fourth-order valence-corrected chi connectivity index (χ4v) is 3.13. The highest BCUT2D eigenvalue weighted by molar-refractivity contribution is 5.73. The standard InChI is InChI=1S/C19H28F3N3O3/c1-13-10-25(11-14(2)27-13)18(3,4)12-24-17(26)23-9-15-5-7-16(8-6-15)28-19(20,21)22/h5-8,13-14H,9-12H2,1-4H3,(H2,23,24,26)/t13-,14-/m1/s1. The molecule has 0 spiro atoms. The van der Waals surface area contributed by atoms with Gasteiger partial charge in [-0.2, -0.15) is 0 Å². The first-order valence-electron chi connectivity index (χ1n) is 9.21. The molecule has 1 saturated heterocycles. The van der Waals surface area contributed by atoms with Crippen molar-refractivity contribution in [3.05, 3.63) is 29.8 Å². The zero-order chi connectivity index (χ0) is 20.9. The van der Waals surface area contributed by atoms with Crippen LogP contribution in [0.15, 0.2) is 24.3 Å². The molecule has 28 heavy (non-hydrogen) atoms. The number of carbonyl (C=O) groups excluding carboxylic acids is 1. The average molecular weight is 403 g/mol. The zero-order valence-corrected chi connectivity index (χ0v) is 16.6. The van der Waals surface area contributed by atoms with Gasteiger partial charge < -0.3 is 20.1 Å². The highest BCUT2D eigenvalue weighted by Crippen LogP contribution is 2.23. The van der Waals surface area contributed by atoms with Crippen molar-refractivity contribution in [3.8, 4) is 5.75 Å². The van der Waals surface area contributed by atoms with Gasteiger partial charge in [0, 0.05) is 31.7 Å². The molecule has 2 N–H and O–H groups in total. The molecule has 1 aliphatic heterocycles. The van der Waals surface area contributed by atoms with Crippen LogP contribution in [-0.2, 0) is 11.3 Å². The van der Waals surface area contributed by atoms with E-state index in [4.69, 9.17) is 4.74 Å². The molecule has 1 fully saturated rings. The Labute approximate surface area is 163 Å². The van der Waals surface area contributed by atoms with Crippen molar-refractivity contribution >= 4 is 6.03 Å². The molecule has 0 saturated carbocycles. The van der Waals surface area contributed by atoms with Crippen molar-refractivity contribution in [1.29, 1.82) is 0 Å². The fraction of sp³-hybridized carbons (Fsp3) is 0.632. The summed E-state index contributed by atoms with van der Waals surface area (Å²) in [5, 5.41) is 5.56. The minimum absolute atomic E-state index is 0.140. The predicted molar refractivity (Wildman–Crippen MR) is 99.0 cm³/mol. The van der Waals surface area contributed by atoms with E-state index in [1.807, 2.05) is 13.8 Å². The maximum absolute atomic E-state index is 12.2. The summed E-state index contributed by atoms with van der Waals surface area (Å²) in [7, 11) is 0. The second kappa shape index (κ2) is 9.00. The minimum Gasteiger partial charge on any atom is -0.406 e. The van der Waals surface area contributed by atoms with Crippen LogP contribution in [0, 0.1) is 0 Å². The third kappa shape index (κ3) is 7.20. The zero-order valence-electron chi connectivity index (χ0n) is 16.6. The van der Waals surface area contributed by atoms with Crippen LogP contribution in [0.3, 0.4) is 0 Å². The molecular weight excluding hydrogens is 375 g/mol. The van der Waals surface area contributed by atoms with Crippen molar-refractivity contribution in [2.75, 3.05) is 19.6 Å². The molecule has 9 heteroatoms. The second-order valence-corrected chi connectivity index (χ2v) is 7.70. The monoisotopic (exact) mass is 403 g/mol. The summed E-state index contributed by atoms with van der Waals surface area (Å²) in [6.07, 6.45) is -4.44. The number of nitrogens with one attached hydrogen (secondary N) is 2. The van der Waals surface area contributed by atoms with E-state index in [1.165, 1.54) is 24.3 Å². The number of hydrogen-bond acceptors (Lipinski definition) is 4. The number of carbonyl (C=O) groups is 1. The normalized spacial score (nSPS) is 21.2. The number of ether oxygens (including phenoxy) is 2. The van der Waals surface area contributed by atoms with Gasteiger partial charge in [0.2, 0.25) is 0 Å². The number of amides is 2. The average Bonchev–Trinajstić information content (AvgIpc) is 2.57. The van der Waals surface area contributed by atoms with Gasteiger partial charge in [0.1, 0.15) is 5.75 Å². The van der Waals surface area contributed by atoms with Gasteiger partial charge in [-0.05, 0) is 45.4 Å². The SMILES string of the molecule is C[C@@H]1CN(C(C)(C)CNC(=O)NCc2ccc(OC(F)(F)F)cc2)C[C@@H](C)O1.